The minimum atomic E-state index is -0.537. The number of nitrogens with one attached hydrogen (secondary N) is 1. The molecule has 1 aromatic heterocycles. The number of pyridine rings is 1. The normalized spacial score (nSPS) is 25.1. The van der Waals surface area contributed by atoms with Gasteiger partial charge in [0.15, 0.2) is 0 Å². The van der Waals surface area contributed by atoms with Crippen molar-refractivity contribution in [1.82, 2.24) is 9.88 Å². The average Bonchev–Trinajstić information content (AvgIpc) is 3.04. The Morgan fingerprint density at radius 1 is 1.37 bits per heavy atom. The smallest absolute Gasteiger partial charge is 0.411 e. The lowest BCUT2D eigenvalue weighted by molar-refractivity contribution is -0.139. The summed E-state index contributed by atoms with van der Waals surface area (Å²) in [7, 11) is 0. The van der Waals surface area contributed by atoms with Gasteiger partial charge in [0.1, 0.15) is 5.82 Å². The van der Waals surface area contributed by atoms with E-state index >= 15 is 0 Å². The van der Waals surface area contributed by atoms with Crippen molar-refractivity contribution in [3.63, 3.8) is 0 Å². The van der Waals surface area contributed by atoms with E-state index in [9.17, 15) is 9.59 Å². The predicted molar refractivity (Wildman–Crippen MR) is 114 cm³/mol. The number of carbonyl (C=O) groups excluding carboxylic acids is 2. The molecule has 1 aromatic rings. The van der Waals surface area contributed by atoms with Crippen LogP contribution in [0.5, 0.6) is 0 Å². The van der Waals surface area contributed by atoms with Crippen LogP contribution in [-0.2, 0) is 14.3 Å². The summed E-state index contributed by atoms with van der Waals surface area (Å²) in [6, 6.07) is 1.98. The minimum absolute atomic E-state index is 0.274. The zero-order valence-corrected chi connectivity index (χ0v) is 18.1. The fraction of sp³-hybridized carbons (Fsp3) is 0.667. The van der Waals surface area contributed by atoms with Crippen LogP contribution in [0.1, 0.15) is 39.0 Å². The largest absolute Gasteiger partial charge is 0.450 e. The van der Waals surface area contributed by atoms with E-state index in [0.29, 0.717) is 35.7 Å². The number of halogens is 1. The van der Waals surface area contributed by atoms with E-state index in [1.54, 1.807) is 19.2 Å². The summed E-state index contributed by atoms with van der Waals surface area (Å²) < 4.78 is 10.3. The van der Waals surface area contributed by atoms with E-state index in [-0.39, 0.29) is 11.3 Å². The van der Waals surface area contributed by atoms with Crippen LogP contribution in [0.4, 0.5) is 16.3 Å². The molecule has 164 valence electrons. The first-order valence-corrected chi connectivity index (χ1v) is 11.1. The molecule has 2 amide bonds. The zero-order chi connectivity index (χ0) is 21.1. The van der Waals surface area contributed by atoms with Crippen molar-refractivity contribution in [2.75, 3.05) is 49.7 Å². The molecule has 0 aromatic carbocycles. The van der Waals surface area contributed by atoms with E-state index < -0.39 is 6.09 Å². The lowest BCUT2D eigenvalue weighted by atomic mass is 9.78. The molecule has 0 unspecified atom stereocenters. The number of ether oxygens (including phenoxy) is 2. The summed E-state index contributed by atoms with van der Waals surface area (Å²) in [6.07, 6.45) is 5.59. The molecule has 1 spiro atoms. The molecule has 30 heavy (non-hydrogen) atoms. The molecule has 3 aliphatic rings. The molecule has 4 rings (SSSR count). The SMILES string of the molecule is CCOC(=O)Nc1cnc(N2CCC[C@@]3(CCN(C4CCOCC4)C3=O)C2)c(Cl)c1. The second-order valence-electron chi connectivity index (χ2n) is 8.27. The van der Waals surface area contributed by atoms with Crippen LogP contribution in [0.25, 0.3) is 0 Å². The molecule has 0 radical (unpaired) electrons. The van der Waals surface area contributed by atoms with Gasteiger partial charge in [-0.15, -0.1) is 0 Å². The lowest BCUT2D eigenvalue weighted by Crippen LogP contribution is -2.50. The van der Waals surface area contributed by atoms with Crippen LogP contribution in [0.3, 0.4) is 0 Å². The summed E-state index contributed by atoms with van der Waals surface area (Å²) in [5, 5.41) is 3.07. The maximum atomic E-state index is 13.4. The molecule has 4 heterocycles. The average molecular weight is 437 g/mol. The summed E-state index contributed by atoms with van der Waals surface area (Å²) >= 11 is 6.50. The van der Waals surface area contributed by atoms with Gasteiger partial charge in [0.25, 0.3) is 0 Å². The third kappa shape index (κ3) is 4.21. The second-order valence-corrected chi connectivity index (χ2v) is 8.68. The van der Waals surface area contributed by atoms with Gasteiger partial charge in [0.05, 0.1) is 28.9 Å². The molecular weight excluding hydrogens is 408 g/mol. The Morgan fingerprint density at radius 2 is 2.17 bits per heavy atom. The number of nitrogens with zero attached hydrogens (tertiary/aromatic N) is 3. The number of hydrogen-bond donors (Lipinski definition) is 1. The van der Waals surface area contributed by atoms with Crippen molar-refractivity contribution in [2.24, 2.45) is 5.41 Å². The van der Waals surface area contributed by atoms with Gasteiger partial charge in [-0.25, -0.2) is 9.78 Å². The Labute approximate surface area is 181 Å². The van der Waals surface area contributed by atoms with E-state index in [1.165, 1.54) is 0 Å². The van der Waals surface area contributed by atoms with Gasteiger partial charge in [-0.05, 0) is 45.1 Å². The first kappa shape index (κ1) is 21.2. The Hall–Kier alpha value is -2.06. The first-order valence-electron chi connectivity index (χ1n) is 10.8. The molecule has 3 fully saturated rings. The second kappa shape index (κ2) is 8.98. The Kier molecular flexibility index (Phi) is 6.34. The first-order chi connectivity index (χ1) is 14.5. The molecule has 3 saturated heterocycles. The topological polar surface area (TPSA) is 84.0 Å². The molecular formula is C21H29ClN4O4. The van der Waals surface area contributed by atoms with Crippen LogP contribution >= 0.6 is 11.6 Å². The van der Waals surface area contributed by atoms with Gasteiger partial charge in [0.2, 0.25) is 5.91 Å². The molecule has 9 heteroatoms. The van der Waals surface area contributed by atoms with Crippen molar-refractivity contribution in [1.29, 1.82) is 0 Å². The van der Waals surface area contributed by atoms with Crippen molar-refractivity contribution >= 4 is 35.1 Å². The van der Waals surface area contributed by atoms with Gasteiger partial charge >= 0.3 is 6.09 Å². The number of anilines is 2. The summed E-state index contributed by atoms with van der Waals surface area (Å²) in [5.41, 5.74) is 0.125. The molecule has 1 N–H and O–H groups in total. The highest BCUT2D eigenvalue weighted by Gasteiger charge is 2.50. The van der Waals surface area contributed by atoms with Crippen molar-refractivity contribution in [3.8, 4) is 0 Å². The van der Waals surface area contributed by atoms with Crippen LogP contribution in [0.15, 0.2) is 12.3 Å². The monoisotopic (exact) mass is 436 g/mol. The number of hydrogen-bond acceptors (Lipinski definition) is 6. The van der Waals surface area contributed by atoms with Gasteiger partial charge in [0, 0.05) is 38.9 Å². The van der Waals surface area contributed by atoms with Crippen molar-refractivity contribution in [3.05, 3.63) is 17.3 Å². The highest BCUT2D eigenvalue weighted by atomic mass is 35.5. The lowest BCUT2D eigenvalue weighted by Gasteiger charge is -2.41. The highest BCUT2D eigenvalue weighted by Crippen LogP contribution is 2.43. The molecule has 8 nitrogen and oxygen atoms in total. The maximum Gasteiger partial charge on any atom is 0.411 e. The minimum Gasteiger partial charge on any atom is -0.450 e. The highest BCUT2D eigenvalue weighted by molar-refractivity contribution is 6.33. The van der Waals surface area contributed by atoms with Gasteiger partial charge in [-0.3, -0.25) is 10.1 Å². The maximum absolute atomic E-state index is 13.4. The standard InChI is InChI=1S/C21H29ClN4O4/c1-2-30-20(28)24-15-12-17(22)18(23-13-15)25-8-3-6-21(14-25)7-9-26(19(21)27)16-4-10-29-11-5-16/h12-13,16H,2-11,14H2,1H3,(H,24,28)/t21-/m1/s1. The molecule has 0 aliphatic carbocycles. The molecule has 1 atom stereocenters. The fourth-order valence-corrected chi connectivity index (χ4v) is 5.19. The summed E-state index contributed by atoms with van der Waals surface area (Å²) in [6.45, 7) is 5.76. The van der Waals surface area contributed by atoms with Gasteiger partial charge < -0.3 is 19.3 Å². The van der Waals surface area contributed by atoms with E-state index in [0.717, 1.165) is 58.4 Å². The quantitative estimate of drug-likeness (QED) is 0.779. The van der Waals surface area contributed by atoms with E-state index in [4.69, 9.17) is 21.1 Å². The number of amides is 2. The van der Waals surface area contributed by atoms with Crippen LogP contribution in [0.2, 0.25) is 5.02 Å². The summed E-state index contributed by atoms with van der Waals surface area (Å²) in [5.74, 6) is 0.929. The van der Waals surface area contributed by atoms with Crippen LogP contribution < -0.4 is 10.2 Å². The number of piperidine rings is 1. The molecule has 3 aliphatic heterocycles. The van der Waals surface area contributed by atoms with Gasteiger partial charge in [-0.1, -0.05) is 11.6 Å². The third-order valence-electron chi connectivity index (χ3n) is 6.40. The number of aromatic nitrogens is 1. The van der Waals surface area contributed by atoms with Crippen molar-refractivity contribution in [2.45, 2.75) is 45.1 Å². The Bertz CT molecular complexity index is 801. The number of rotatable bonds is 4. The fourth-order valence-electron chi connectivity index (χ4n) is 4.90. The van der Waals surface area contributed by atoms with Crippen LogP contribution in [-0.4, -0.2) is 67.4 Å². The number of carbonyl (C=O) groups is 2. The van der Waals surface area contributed by atoms with Crippen LogP contribution in [0, 0.1) is 5.41 Å². The Morgan fingerprint density at radius 3 is 2.90 bits per heavy atom. The molecule has 0 saturated carbocycles. The summed E-state index contributed by atoms with van der Waals surface area (Å²) in [4.78, 5) is 33.7. The van der Waals surface area contributed by atoms with Gasteiger partial charge in [-0.2, -0.15) is 0 Å². The molecule has 0 bridgehead atoms. The zero-order valence-electron chi connectivity index (χ0n) is 17.4. The van der Waals surface area contributed by atoms with E-state index in [2.05, 4.69) is 20.1 Å². The van der Waals surface area contributed by atoms with E-state index in [1.807, 2.05) is 0 Å². The Balaban J connectivity index is 1.46. The third-order valence-corrected chi connectivity index (χ3v) is 6.68. The number of likely N-dealkylation sites (tertiary alicyclic amines) is 1. The van der Waals surface area contributed by atoms with Crippen molar-refractivity contribution < 1.29 is 19.1 Å². The predicted octanol–water partition coefficient (Wildman–Crippen LogP) is 3.30.